The molecule has 3 aromatic rings. The topological polar surface area (TPSA) is 200 Å². The molecule has 1 N–H and O–H groups in total. The number of thiazole rings is 1. The number of methoxy groups -OCH3 is 1. The average molecular weight is 891 g/mol. The van der Waals surface area contributed by atoms with Gasteiger partial charge in [0.25, 0.3) is 0 Å². The van der Waals surface area contributed by atoms with E-state index in [-0.39, 0.29) is 62.0 Å². The summed E-state index contributed by atoms with van der Waals surface area (Å²) in [6.45, 7) is 6.00. The molecule has 20 heteroatoms. The Morgan fingerprint density at radius 2 is 1.82 bits per heavy atom. The Labute approximate surface area is 359 Å². The minimum absolute atomic E-state index is 0.0117. The predicted octanol–water partition coefficient (Wildman–Crippen LogP) is 3.54. The third kappa shape index (κ3) is 13.0. The highest BCUT2D eigenvalue weighted by atomic mass is 32.2. The van der Waals surface area contributed by atoms with Crippen LogP contribution in [0.25, 0.3) is 0 Å². The molecular weight excluding hydrogens is 837 g/mol. The molecule has 0 spiro atoms. The van der Waals surface area contributed by atoms with Crippen LogP contribution < -0.4 is 19.5 Å². The summed E-state index contributed by atoms with van der Waals surface area (Å²) in [4.78, 5) is 46.1. The Hall–Kier alpha value is -4.57. The normalized spacial score (nSPS) is 19.2. The standard InChI is InChI=1S/C41H54N4O14S2/c1-26(2)18-45(61(49,50)31-10-11-34-35(17-31)57-25-56-34)19-36(58-39(47)23-54-38(46)20-44(4)13-15-51-5)33(43-41(48)59-37-22-55-40-32(37)12-14-52-40)16-28-6-8-30(9-7-28)53-21-29-24-60-27(3)42-29/h6-11,17,24,26,32-33,36-37,40H,12-16,18-23,25H2,1-5H3,(H,43,48)/t32-,33-,36+,37?,40+/m0/s1. The summed E-state index contributed by atoms with van der Waals surface area (Å²) in [6.07, 6.45) is -2.54. The number of rotatable bonds is 22. The quantitative estimate of drug-likeness (QED) is 0.113. The molecule has 0 aliphatic carbocycles. The third-order valence-corrected chi connectivity index (χ3v) is 12.7. The summed E-state index contributed by atoms with van der Waals surface area (Å²) in [7, 11) is -1.04. The lowest BCUT2D eigenvalue weighted by molar-refractivity contribution is -0.164. The number of likely N-dealkylation sites (N-methyl/N-ethyl adjacent to an activating group) is 1. The first kappa shape index (κ1) is 45.9. The molecule has 6 rings (SSSR count). The van der Waals surface area contributed by atoms with Gasteiger partial charge in [0.2, 0.25) is 16.8 Å². The molecule has 2 saturated heterocycles. The van der Waals surface area contributed by atoms with Gasteiger partial charge in [-0.05, 0) is 62.6 Å². The summed E-state index contributed by atoms with van der Waals surface area (Å²) in [6, 6.07) is 10.3. The first-order chi connectivity index (χ1) is 29.3. The van der Waals surface area contributed by atoms with E-state index in [2.05, 4.69) is 10.3 Å². The lowest BCUT2D eigenvalue weighted by atomic mass is 10.0. The summed E-state index contributed by atoms with van der Waals surface area (Å²) in [5.74, 6) is -0.737. The van der Waals surface area contributed by atoms with Gasteiger partial charge in [-0.3, -0.25) is 9.69 Å². The fourth-order valence-corrected chi connectivity index (χ4v) is 9.23. The van der Waals surface area contributed by atoms with Crippen molar-refractivity contribution >= 4 is 39.4 Å². The summed E-state index contributed by atoms with van der Waals surface area (Å²) < 4.78 is 80.5. The molecule has 0 saturated carbocycles. The van der Waals surface area contributed by atoms with Crippen molar-refractivity contribution in [2.24, 2.45) is 11.8 Å². The maximum Gasteiger partial charge on any atom is 0.407 e. The molecule has 334 valence electrons. The fourth-order valence-electron chi connectivity index (χ4n) is 7.00. The van der Waals surface area contributed by atoms with E-state index in [0.29, 0.717) is 43.2 Å². The van der Waals surface area contributed by atoms with E-state index in [1.165, 1.54) is 33.8 Å². The number of fused-ring (bicyclic) bond motifs is 2. The van der Waals surface area contributed by atoms with E-state index in [9.17, 15) is 22.8 Å². The van der Waals surface area contributed by atoms with Crippen LogP contribution in [0.1, 0.15) is 36.5 Å². The number of hydrogen-bond acceptors (Lipinski definition) is 17. The number of aromatic nitrogens is 1. The average Bonchev–Trinajstić information content (AvgIpc) is 4.05. The first-order valence-corrected chi connectivity index (χ1v) is 22.3. The van der Waals surface area contributed by atoms with Crippen molar-refractivity contribution < 1.29 is 65.4 Å². The van der Waals surface area contributed by atoms with Gasteiger partial charge in [-0.15, -0.1) is 11.3 Å². The number of alkyl carbamates (subject to hydrolysis) is 1. The zero-order chi connectivity index (χ0) is 43.5. The number of carbonyl (C=O) groups excluding carboxylic acids is 3. The number of nitrogens with one attached hydrogen (secondary N) is 1. The molecule has 4 heterocycles. The molecule has 3 aliphatic rings. The zero-order valence-electron chi connectivity index (χ0n) is 34.9. The molecule has 61 heavy (non-hydrogen) atoms. The number of hydrogen-bond donors (Lipinski definition) is 1. The van der Waals surface area contributed by atoms with Crippen LogP contribution in [0.2, 0.25) is 0 Å². The summed E-state index contributed by atoms with van der Waals surface area (Å²) in [5, 5.41) is 5.73. The van der Waals surface area contributed by atoms with E-state index in [4.69, 9.17) is 42.6 Å². The second kappa shape index (κ2) is 21.5. The second-order valence-electron chi connectivity index (χ2n) is 15.4. The first-order valence-electron chi connectivity index (χ1n) is 20.0. The summed E-state index contributed by atoms with van der Waals surface area (Å²) >= 11 is 1.53. The van der Waals surface area contributed by atoms with Crippen LogP contribution in [0.5, 0.6) is 17.2 Å². The van der Waals surface area contributed by atoms with Crippen LogP contribution in [0.3, 0.4) is 0 Å². The number of nitrogens with zero attached hydrogens (tertiary/aromatic N) is 3. The van der Waals surface area contributed by atoms with Gasteiger partial charge in [-0.2, -0.15) is 4.31 Å². The number of carbonyl (C=O) groups is 3. The highest BCUT2D eigenvalue weighted by Crippen LogP contribution is 2.35. The molecule has 5 atom stereocenters. The van der Waals surface area contributed by atoms with Gasteiger partial charge in [0.1, 0.15) is 24.6 Å². The van der Waals surface area contributed by atoms with Gasteiger partial charge in [0, 0.05) is 31.6 Å². The number of aryl methyl sites for hydroxylation is 1. The van der Waals surface area contributed by atoms with Crippen LogP contribution in [0.4, 0.5) is 4.79 Å². The Balaban J connectivity index is 1.27. The van der Waals surface area contributed by atoms with Gasteiger partial charge < -0.3 is 47.9 Å². The number of benzene rings is 2. The van der Waals surface area contributed by atoms with Crippen molar-refractivity contribution in [3.63, 3.8) is 0 Å². The van der Waals surface area contributed by atoms with Crippen molar-refractivity contribution in [1.82, 2.24) is 19.5 Å². The number of amides is 1. The Bertz CT molecular complexity index is 2050. The van der Waals surface area contributed by atoms with E-state index in [1.807, 2.05) is 26.2 Å². The van der Waals surface area contributed by atoms with Crippen molar-refractivity contribution in [3.8, 4) is 17.2 Å². The molecule has 18 nitrogen and oxygen atoms in total. The van der Waals surface area contributed by atoms with Crippen molar-refractivity contribution in [2.45, 2.75) is 69.7 Å². The highest BCUT2D eigenvalue weighted by Gasteiger charge is 2.44. The van der Waals surface area contributed by atoms with Gasteiger partial charge in [0.05, 0.1) is 60.5 Å². The van der Waals surface area contributed by atoms with E-state index < -0.39 is 65.7 Å². The molecular formula is C41H54N4O14S2. The molecule has 0 radical (unpaired) electrons. The highest BCUT2D eigenvalue weighted by molar-refractivity contribution is 7.89. The van der Waals surface area contributed by atoms with Crippen molar-refractivity contribution in [3.05, 3.63) is 64.1 Å². The molecule has 1 aromatic heterocycles. The van der Waals surface area contributed by atoms with Gasteiger partial charge >= 0.3 is 18.0 Å². The fraction of sp³-hybridized carbons (Fsp3) is 0.561. The SMILES string of the molecule is COCCN(C)CC(=O)OCC(=O)O[C@H](CN(CC(C)C)S(=O)(=O)c1ccc2c(c1)OCO2)[C@H](Cc1ccc(OCc2csc(C)n2)cc1)NC(=O)OC1CO[C@H]2OCC[C@@H]12. The minimum atomic E-state index is -4.28. The van der Waals surface area contributed by atoms with E-state index >= 15 is 0 Å². The van der Waals surface area contributed by atoms with Gasteiger partial charge in [-0.1, -0.05) is 26.0 Å². The van der Waals surface area contributed by atoms with Crippen LogP contribution in [0.15, 0.2) is 52.7 Å². The zero-order valence-corrected chi connectivity index (χ0v) is 36.6. The molecule has 0 bridgehead atoms. The Morgan fingerprint density at radius 1 is 1.03 bits per heavy atom. The Kier molecular flexibility index (Phi) is 16.2. The molecule has 2 fully saturated rings. The largest absolute Gasteiger partial charge is 0.487 e. The molecule has 1 unspecified atom stereocenters. The smallest absolute Gasteiger partial charge is 0.407 e. The van der Waals surface area contributed by atoms with Crippen LogP contribution in [-0.4, -0.2) is 139 Å². The van der Waals surface area contributed by atoms with Gasteiger partial charge in [0.15, 0.2) is 24.4 Å². The Morgan fingerprint density at radius 3 is 2.56 bits per heavy atom. The van der Waals surface area contributed by atoms with E-state index in [1.54, 1.807) is 43.3 Å². The van der Waals surface area contributed by atoms with E-state index in [0.717, 1.165) is 10.7 Å². The number of ether oxygens (including phenoxy) is 9. The maximum atomic E-state index is 14.5. The predicted molar refractivity (Wildman–Crippen MR) is 219 cm³/mol. The molecule has 1 amide bonds. The van der Waals surface area contributed by atoms with Crippen LogP contribution in [-0.2, 0) is 61.1 Å². The lowest BCUT2D eigenvalue weighted by Crippen LogP contribution is -2.53. The van der Waals surface area contributed by atoms with Crippen LogP contribution in [0, 0.1) is 18.8 Å². The van der Waals surface area contributed by atoms with Gasteiger partial charge in [-0.25, -0.2) is 23.0 Å². The van der Waals surface area contributed by atoms with Crippen LogP contribution >= 0.6 is 11.3 Å². The second-order valence-corrected chi connectivity index (χ2v) is 18.4. The summed E-state index contributed by atoms with van der Waals surface area (Å²) in [5.41, 5.74) is 1.49. The maximum absolute atomic E-state index is 14.5. The van der Waals surface area contributed by atoms with Crippen molar-refractivity contribution in [2.75, 3.05) is 73.6 Å². The minimum Gasteiger partial charge on any atom is -0.487 e. The monoisotopic (exact) mass is 890 g/mol. The molecule has 3 aliphatic heterocycles. The third-order valence-electron chi connectivity index (χ3n) is 10.1. The lowest BCUT2D eigenvalue weighted by Gasteiger charge is -2.33. The van der Waals surface area contributed by atoms with Crippen molar-refractivity contribution in [1.29, 1.82) is 0 Å². The number of esters is 2. The number of sulfonamides is 1. The molecule has 2 aromatic carbocycles.